The normalized spacial score (nSPS) is 15.1. The maximum absolute atomic E-state index is 12.7. The quantitative estimate of drug-likeness (QED) is 0.535. The number of amides is 1. The third-order valence-electron chi connectivity index (χ3n) is 4.36. The molecule has 1 aromatic rings. The molecule has 0 saturated heterocycles. The van der Waals surface area contributed by atoms with Gasteiger partial charge in [0.1, 0.15) is 5.54 Å². The van der Waals surface area contributed by atoms with Gasteiger partial charge in [-0.15, -0.1) is 0 Å². The van der Waals surface area contributed by atoms with Crippen LogP contribution in [0.1, 0.15) is 44.7 Å². The minimum Gasteiger partial charge on any atom is -0.464 e. The second kappa shape index (κ2) is 7.47. The molecule has 4 nitrogen and oxygen atoms in total. The molecule has 1 aliphatic rings. The maximum atomic E-state index is 12.7. The van der Waals surface area contributed by atoms with Gasteiger partial charge in [0.05, 0.1) is 17.6 Å². The molecule has 1 aliphatic carbocycles. The van der Waals surface area contributed by atoms with E-state index in [1.807, 2.05) is 18.2 Å². The highest BCUT2D eigenvalue weighted by Crippen LogP contribution is 2.47. The second-order valence-corrected chi connectivity index (χ2v) is 6.31. The summed E-state index contributed by atoms with van der Waals surface area (Å²) in [6.45, 7) is 6.26. The first-order valence-corrected chi connectivity index (χ1v) is 9.34. The second-order valence-electron chi connectivity index (χ2n) is 5.75. The number of para-hydroxylation sites is 1. The molecule has 0 aromatic heterocycles. The monoisotopic (exact) mass is 381 g/mol. The van der Waals surface area contributed by atoms with Crippen LogP contribution in [0.3, 0.4) is 0 Å². The molecule has 1 saturated carbocycles. The van der Waals surface area contributed by atoms with Crippen molar-refractivity contribution in [2.75, 3.05) is 16.8 Å². The average molecular weight is 382 g/mol. The zero-order chi connectivity index (χ0) is 17.0. The van der Waals surface area contributed by atoms with Crippen LogP contribution in [0.25, 0.3) is 0 Å². The Kier molecular flexibility index (Phi) is 5.84. The van der Waals surface area contributed by atoms with Crippen LogP contribution >= 0.6 is 15.9 Å². The van der Waals surface area contributed by atoms with Crippen molar-refractivity contribution in [2.24, 2.45) is 0 Å². The van der Waals surface area contributed by atoms with Crippen LogP contribution in [-0.2, 0) is 27.2 Å². The number of alkyl halides is 1. The Morgan fingerprint density at radius 2 is 1.74 bits per heavy atom. The third-order valence-corrected chi connectivity index (χ3v) is 4.84. The van der Waals surface area contributed by atoms with E-state index >= 15 is 0 Å². The summed E-state index contributed by atoms with van der Waals surface area (Å²) in [6.07, 6.45) is 2.94. The number of hydrogen-bond acceptors (Lipinski definition) is 3. The minimum atomic E-state index is -0.823. The van der Waals surface area contributed by atoms with Gasteiger partial charge in [-0.05, 0) is 43.7 Å². The molecule has 2 rings (SSSR count). The number of carbonyl (C=O) groups is 2. The molecule has 1 fully saturated rings. The highest BCUT2D eigenvalue weighted by Gasteiger charge is 2.58. The van der Waals surface area contributed by atoms with E-state index in [0.717, 1.165) is 29.7 Å². The fourth-order valence-corrected chi connectivity index (χ4v) is 3.29. The molecule has 0 N–H and O–H groups in total. The van der Waals surface area contributed by atoms with Crippen LogP contribution in [0.4, 0.5) is 5.69 Å². The van der Waals surface area contributed by atoms with Gasteiger partial charge >= 0.3 is 5.97 Å². The molecule has 0 atom stereocenters. The van der Waals surface area contributed by atoms with Crippen LogP contribution in [0.2, 0.25) is 0 Å². The minimum absolute atomic E-state index is 0.0915. The van der Waals surface area contributed by atoms with Crippen molar-refractivity contribution < 1.29 is 14.3 Å². The summed E-state index contributed by atoms with van der Waals surface area (Å²) in [5, 5.41) is 0.190. The van der Waals surface area contributed by atoms with E-state index in [2.05, 4.69) is 29.8 Å². The fraction of sp³-hybridized carbons (Fsp3) is 0.556. The van der Waals surface area contributed by atoms with Gasteiger partial charge in [-0.2, -0.15) is 0 Å². The number of halogens is 1. The van der Waals surface area contributed by atoms with Crippen molar-refractivity contribution >= 4 is 33.5 Å². The van der Waals surface area contributed by atoms with E-state index in [1.165, 1.54) is 0 Å². The van der Waals surface area contributed by atoms with Crippen molar-refractivity contribution in [1.29, 1.82) is 0 Å². The van der Waals surface area contributed by atoms with E-state index < -0.39 is 5.54 Å². The van der Waals surface area contributed by atoms with E-state index in [0.29, 0.717) is 19.4 Å². The van der Waals surface area contributed by atoms with Gasteiger partial charge in [0.15, 0.2) is 0 Å². The van der Waals surface area contributed by atoms with Crippen LogP contribution in [0, 0.1) is 0 Å². The predicted octanol–water partition coefficient (Wildman–Crippen LogP) is 3.64. The number of rotatable bonds is 7. The zero-order valence-electron chi connectivity index (χ0n) is 14.0. The van der Waals surface area contributed by atoms with Crippen LogP contribution in [-0.4, -0.2) is 29.4 Å². The number of ether oxygens (including phenoxy) is 1. The maximum Gasteiger partial charge on any atom is 0.332 e. The molecule has 1 amide bonds. The van der Waals surface area contributed by atoms with Gasteiger partial charge in [-0.3, -0.25) is 9.69 Å². The molecular weight excluding hydrogens is 358 g/mol. The van der Waals surface area contributed by atoms with Gasteiger partial charge in [-0.1, -0.05) is 48.0 Å². The first kappa shape index (κ1) is 18.0. The Morgan fingerprint density at radius 1 is 1.17 bits per heavy atom. The molecule has 0 radical (unpaired) electrons. The third kappa shape index (κ3) is 3.30. The lowest BCUT2D eigenvalue weighted by Gasteiger charge is -2.33. The van der Waals surface area contributed by atoms with Crippen molar-refractivity contribution in [3.63, 3.8) is 0 Å². The SMILES string of the molecule is CCOC(=O)C1(N(C(=O)CBr)c2c(CC)cccc2CC)CC1. The molecule has 0 aliphatic heterocycles. The van der Waals surface area contributed by atoms with Crippen LogP contribution in [0.15, 0.2) is 18.2 Å². The number of hydrogen-bond donors (Lipinski definition) is 0. The highest BCUT2D eigenvalue weighted by atomic mass is 79.9. The van der Waals surface area contributed by atoms with Gasteiger partial charge in [0.25, 0.3) is 0 Å². The van der Waals surface area contributed by atoms with Crippen molar-refractivity contribution in [1.82, 2.24) is 0 Å². The molecule has 0 spiro atoms. The number of benzene rings is 1. The Labute approximate surface area is 146 Å². The number of nitrogens with zero attached hydrogens (tertiary/aromatic N) is 1. The summed E-state index contributed by atoms with van der Waals surface area (Å²) in [5.41, 5.74) is 2.26. The Morgan fingerprint density at radius 3 is 2.13 bits per heavy atom. The number of esters is 1. The summed E-state index contributed by atoms with van der Waals surface area (Å²) >= 11 is 3.27. The summed E-state index contributed by atoms with van der Waals surface area (Å²) in [5.74, 6) is -0.381. The Bertz CT molecular complexity index is 574. The number of anilines is 1. The standard InChI is InChI=1S/C18H24BrNO3/c1-4-13-8-7-9-14(5-2)16(13)20(15(21)12-19)18(10-11-18)17(22)23-6-3/h7-9H,4-6,10-12H2,1-3H3. The molecule has 0 heterocycles. The molecule has 1 aromatic carbocycles. The van der Waals surface area contributed by atoms with Gasteiger partial charge in [0.2, 0.25) is 5.91 Å². The molecule has 5 heteroatoms. The Balaban J connectivity index is 2.58. The van der Waals surface area contributed by atoms with Gasteiger partial charge in [0, 0.05) is 0 Å². The van der Waals surface area contributed by atoms with Crippen molar-refractivity contribution in [3.05, 3.63) is 29.3 Å². The zero-order valence-corrected chi connectivity index (χ0v) is 15.6. The average Bonchev–Trinajstić information content (AvgIpc) is 3.36. The summed E-state index contributed by atoms with van der Waals surface area (Å²) in [6, 6.07) is 6.08. The first-order chi connectivity index (χ1) is 11.1. The Hall–Kier alpha value is -1.36. The van der Waals surface area contributed by atoms with E-state index in [9.17, 15) is 9.59 Å². The smallest absolute Gasteiger partial charge is 0.332 e. The van der Waals surface area contributed by atoms with Crippen molar-refractivity contribution in [2.45, 2.75) is 52.0 Å². The largest absolute Gasteiger partial charge is 0.464 e. The van der Waals surface area contributed by atoms with E-state index in [1.54, 1.807) is 11.8 Å². The summed E-state index contributed by atoms with van der Waals surface area (Å²) < 4.78 is 5.27. The molecule has 126 valence electrons. The molecule has 0 unspecified atom stereocenters. The lowest BCUT2D eigenvalue weighted by molar-refractivity contribution is -0.147. The fourth-order valence-electron chi connectivity index (χ4n) is 3.04. The lowest BCUT2D eigenvalue weighted by atomic mass is 9.99. The lowest BCUT2D eigenvalue weighted by Crippen LogP contribution is -2.50. The molecule has 0 bridgehead atoms. The van der Waals surface area contributed by atoms with Gasteiger partial charge in [-0.25, -0.2) is 4.79 Å². The van der Waals surface area contributed by atoms with Crippen molar-refractivity contribution in [3.8, 4) is 0 Å². The van der Waals surface area contributed by atoms with Crippen LogP contribution in [0.5, 0.6) is 0 Å². The van der Waals surface area contributed by atoms with Gasteiger partial charge < -0.3 is 4.74 Å². The molecular formula is C18H24BrNO3. The molecule has 23 heavy (non-hydrogen) atoms. The highest BCUT2D eigenvalue weighted by molar-refractivity contribution is 9.09. The van der Waals surface area contributed by atoms with Crippen LogP contribution < -0.4 is 4.90 Å². The summed E-state index contributed by atoms with van der Waals surface area (Å²) in [4.78, 5) is 27.0. The topological polar surface area (TPSA) is 46.6 Å². The summed E-state index contributed by atoms with van der Waals surface area (Å²) in [7, 11) is 0. The first-order valence-electron chi connectivity index (χ1n) is 8.22. The number of aryl methyl sites for hydroxylation is 2. The predicted molar refractivity (Wildman–Crippen MR) is 95.1 cm³/mol. The van der Waals surface area contributed by atoms with E-state index in [-0.39, 0.29) is 17.2 Å². The van der Waals surface area contributed by atoms with E-state index in [4.69, 9.17) is 4.74 Å². The number of carbonyl (C=O) groups excluding carboxylic acids is 2.